The lowest BCUT2D eigenvalue weighted by molar-refractivity contribution is -0.118. The van der Waals surface area contributed by atoms with Gasteiger partial charge in [-0.3, -0.25) is 4.79 Å². The minimum Gasteiger partial charge on any atom is -0.295 e. The van der Waals surface area contributed by atoms with Gasteiger partial charge in [0.2, 0.25) is 0 Å². The quantitative estimate of drug-likeness (QED) is 0.561. The summed E-state index contributed by atoms with van der Waals surface area (Å²) in [5, 5.41) is 0. The average Bonchev–Trinajstić information content (AvgIpc) is 2.81. The molecule has 4 aliphatic carbocycles. The zero-order valence-corrected chi connectivity index (χ0v) is 16.5. The van der Waals surface area contributed by atoms with Gasteiger partial charge in [0.25, 0.3) is 0 Å². The summed E-state index contributed by atoms with van der Waals surface area (Å²) in [6.45, 7) is 12.6. The molecule has 1 unspecified atom stereocenters. The topological polar surface area (TPSA) is 17.1 Å². The van der Waals surface area contributed by atoms with Gasteiger partial charge in [-0.25, -0.2) is 0 Å². The Labute approximate surface area is 148 Å². The predicted molar refractivity (Wildman–Crippen MR) is 99.7 cm³/mol. The van der Waals surface area contributed by atoms with Gasteiger partial charge in [-0.05, 0) is 90.9 Å². The van der Waals surface area contributed by atoms with E-state index in [1.54, 1.807) is 0 Å². The molecule has 1 heteroatoms. The normalized spacial score (nSPS) is 51.0. The number of ketones is 1. The second kappa shape index (κ2) is 5.21. The van der Waals surface area contributed by atoms with Gasteiger partial charge in [0.1, 0.15) is 0 Å². The maximum atomic E-state index is 11.9. The zero-order chi connectivity index (χ0) is 17.3. The van der Waals surface area contributed by atoms with E-state index in [2.05, 4.69) is 34.6 Å². The Morgan fingerprint density at radius 2 is 1.67 bits per heavy atom. The maximum Gasteiger partial charge on any atom is 0.155 e. The van der Waals surface area contributed by atoms with Crippen LogP contribution in [0.15, 0.2) is 11.6 Å². The zero-order valence-electron chi connectivity index (χ0n) is 16.5. The molecule has 0 aromatic heterocycles. The van der Waals surface area contributed by atoms with Crippen molar-refractivity contribution in [3.8, 4) is 0 Å². The van der Waals surface area contributed by atoms with Gasteiger partial charge in [0, 0.05) is 6.42 Å². The van der Waals surface area contributed by atoms with Gasteiger partial charge < -0.3 is 0 Å². The third kappa shape index (κ3) is 1.96. The molecule has 4 aliphatic rings. The molecule has 0 N–H and O–H groups in total. The maximum absolute atomic E-state index is 11.9. The first-order valence-electron chi connectivity index (χ1n) is 10.5. The van der Waals surface area contributed by atoms with E-state index in [0.717, 1.165) is 36.5 Å². The van der Waals surface area contributed by atoms with E-state index in [1.807, 2.05) is 6.08 Å². The van der Waals surface area contributed by atoms with Crippen LogP contribution in [0.2, 0.25) is 0 Å². The van der Waals surface area contributed by atoms with Crippen LogP contribution in [0.3, 0.4) is 0 Å². The molecule has 4 rings (SSSR count). The van der Waals surface area contributed by atoms with Gasteiger partial charge in [0.15, 0.2) is 5.78 Å². The Morgan fingerprint density at radius 1 is 0.958 bits per heavy atom. The summed E-state index contributed by atoms with van der Waals surface area (Å²) < 4.78 is 0. The standard InChI is InChI=1S/C23H36O/c1-15(2)22(4)12-10-20-18-7-6-16-14-17(24)8-11-21(16,3)19(18)9-13-23(20,22)5/h14-15,18-20H,6-13H2,1-5H3/t18?,19-,20-,21-,22+,23-/m0/s1. The summed E-state index contributed by atoms with van der Waals surface area (Å²) in [7, 11) is 0. The Morgan fingerprint density at radius 3 is 2.38 bits per heavy atom. The highest BCUT2D eigenvalue weighted by Crippen LogP contribution is 2.71. The Balaban J connectivity index is 1.69. The number of allylic oxidation sites excluding steroid dienone is 1. The molecule has 0 aromatic carbocycles. The van der Waals surface area contributed by atoms with Crippen molar-refractivity contribution in [2.24, 2.45) is 39.9 Å². The van der Waals surface area contributed by atoms with Crippen molar-refractivity contribution in [2.75, 3.05) is 0 Å². The van der Waals surface area contributed by atoms with Crippen LogP contribution >= 0.6 is 0 Å². The van der Waals surface area contributed by atoms with Crippen molar-refractivity contribution < 1.29 is 4.79 Å². The summed E-state index contributed by atoms with van der Waals surface area (Å²) in [5.41, 5.74) is 2.88. The molecule has 0 aromatic rings. The second-order valence-electron chi connectivity index (χ2n) is 10.5. The molecule has 6 atom stereocenters. The molecular weight excluding hydrogens is 292 g/mol. The van der Waals surface area contributed by atoms with E-state index < -0.39 is 0 Å². The van der Waals surface area contributed by atoms with Gasteiger partial charge in [-0.15, -0.1) is 0 Å². The van der Waals surface area contributed by atoms with Crippen molar-refractivity contribution in [1.82, 2.24) is 0 Å². The summed E-state index contributed by atoms with van der Waals surface area (Å²) in [6, 6.07) is 0. The van der Waals surface area contributed by atoms with Crippen LogP contribution in [0.4, 0.5) is 0 Å². The van der Waals surface area contributed by atoms with Crippen molar-refractivity contribution in [1.29, 1.82) is 0 Å². The number of hydrogen-bond acceptors (Lipinski definition) is 1. The SMILES string of the molecule is CC(C)[C@@]1(C)CC[C@H]2C3CCC4=CC(=O)CC[C@]4(C)[C@H]3CC[C@@]21C. The highest BCUT2D eigenvalue weighted by Gasteiger charge is 2.63. The van der Waals surface area contributed by atoms with Crippen LogP contribution < -0.4 is 0 Å². The molecule has 0 bridgehead atoms. The molecule has 0 heterocycles. The van der Waals surface area contributed by atoms with E-state index in [9.17, 15) is 4.79 Å². The molecule has 0 radical (unpaired) electrons. The highest BCUT2D eigenvalue weighted by molar-refractivity contribution is 5.91. The Kier molecular flexibility index (Phi) is 3.66. The Bertz CT molecular complexity index is 587. The fourth-order valence-corrected chi connectivity index (χ4v) is 7.81. The molecular formula is C23H36O. The van der Waals surface area contributed by atoms with Gasteiger partial charge in [-0.2, -0.15) is 0 Å². The van der Waals surface area contributed by atoms with E-state index in [1.165, 1.54) is 44.1 Å². The number of rotatable bonds is 1. The molecule has 0 amide bonds. The molecule has 0 aliphatic heterocycles. The van der Waals surface area contributed by atoms with Crippen LogP contribution in [0.1, 0.15) is 86.0 Å². The highest BCUT2D eigenvalue weighted by atomic mass is 16.1. The minimum absolute atomic E-state index is 0.328. The van der Waals surface area contributed by atoms with Gasteiger partial charge >= 0.3 is 0 Å². The van der Waals surface area contributed by atoms with Crippen LogP contribution in [-0.4, -0.2) is 5.78 Å². The lowest BCUT2D eigenvalue weighted by Crippen LogP contribution is -2.53. The summed E-state index contributed by atoms with van der Waals surface area (Å²) >= 11 is 0. The minimum atomic E-state index is 0.328. The van der Waals surface area contributed by atoms with Crippen molar-refractivity contribution in [3.63, 3.8) is 0 Å². The monoisotopic (exact) mass is 328 g/mol. The fraction of sp³-hybridized carbons (Fsp3) is 0.870. The number of hydrogen-bond donors (Lipinski definition) is 0. The fourth-order valence-electron chi connectivity index (χ4n) is 7.81. The largest absolute Gasteiger partial charge is 0.295 e. The number of carbonyl (C=O) groups is 1. The number of fused-ring (bicyclic) bond motifs is 5. The van der Waals surface area contributed by atoms with E-state index in [0.29, 0.717) is 22.0 Å². The van der Waals surface area contributed by atoms with Crippen molar-refractivity contribution in [3.05, 3.63) is 11.6 Å². The average molecular weight is 329 g/mol. The van der Waals surface area contributed by atoms with Crippen LogP contribution in [-0.2, 0) is 4.79 Å². The van der Waals surface area contributed by atoms with Crippen molar-refractivity contribution >= 4 is 5.78 Å². The molecule has 1 nitrogen and oxygen atoms in total. The predicted octanol–water partition coefficient (Wildman–Crippen LogP) is 6.18. The third-order valence-corrected chi connectivity index (χ3v) is 9.91. The second-order valence-corrected chi connectivity index (χ2v) is 10.5. The van der Waals surface area contributed by atoms with E-state index >= 15 is 0 Å². The van der Waals surface area contributed by atoms with Gasteiger partial charge in [-0.1, -0.05) is 40.2 Å². The Hall–Kier alpha value is -0.590. The first-order valence-corrected chi connectivity index (χ1v) is 10.5. The van der Waals surface area contributed by atoms with Crippen molar-refractivity contribution in [2.45, 2.75) is 86.0 Å². The summed E-state index contributed by atoms with van der Waals surface area (Å²) in [5.74, 6) is 3.82. The third-order valence-electron chi connectivity index (χ3n) is 9.91. The first-order chi connectivity index (χ1) is 11.2. The van der Waals surface area contributed by atoms with E-state index in [4.69, 9.17) is 0 Å². The molecule has 24 heavy (non-hydrogen) atoms. The lowest BCUT2D eigenvalue weighted by atomic mass is 9.44. The number of carbonyl (C=O) groups excluding carboxylic acids is 1. The summed E-state index contributed by atoms with van der Waals surface area (Å²) in [6.07, 6.45) is 12.1. The van der Waals surface area contributed by atoms with Crippen LogP contribution in [0, 0.1) is 39.9 Å². The molecule has 134 valence electrons. The molecule has 3 saturated carbocycles. The molecule has 0 saturated heterocycles. The van der Waals surface area contributed by atoms with E-state index in [-0.39, 0.29) is 0 Å². The lowest BCUT2D eigenvalue weighted by Gasteiger charge is -2.60. The summed E-state index contributed by atoms with van der Waals surface area (Å²) in [4.78, 5) is 11.9. The van der Waals surface area contributed by atoms with Gasteiger partial charge in [0.05, 0.1) is 0 Å². The molecule has 0 spiro atoms. The van der Waals surface area contributed by atoms with Crippen LogP contribution in [0.25, 0.3) is 0 Å². The smallest absolute Gasteiger partial charge is 0.155 e. The molecule has 3 fully saturated rings. The first kappa shape index (κ1) is 16.9. The van der Waals surface area contributed by atoms with Crippen LogP contribution in [0.5, 0.6) is 0 Å².